The molecule has 3 aromatic rings. The Kier molecular flexibility index (Phi) is 5.32. The second kappa shape index (κ2) is 7.87. The first kappa shape index (κ1) is 18.3. The number of ketones is 1. The van der Waals surface area contributed by atoms with E-state index in [0.717, 1.165) is 49.1 Å². The number of methoxy groups -OCH3 is 1. The van der Waals surface area contributed by atoms with Crippen LogP contribution >= 0.6 is 11.3 Å². The minimum absolute atomic E-state index is 0.0764. The molecule has 4 rings (SSSR count). The van der Waals surface area contributed by atoms with Crippen LogP contribution in [0.2, 0.25) is 0 Å². The molecule has 0 spiro atoms. The van der Waals surface area contributed by atoms with Crippen molar-refractivity contribution in [2.24, 2.45) is 5.92 Å². The SMILES string of the molecule is COc1ccc(C(=O)c2cc3cc(C)n(CCC4CCOCC4)c3s2)cc1. The first-order valence-electron chi connectivity index (χ1n) is 9.52. The molecule has 1 fully saturated rings. The number of hydrogen-bond donors (Lipinski definition) is 0. The van der Waals surface area contributed by atoms with Crippen molar-refractivity contribution in [2.45, 2.75) is 32.7 Å². The first-order chi connectivity index (χ1) is 13.2. The Bertz CT molecular complexity index is 933. The molecule has 1 saturated heterocycles. The zero-order valence-corrected chi connectivity index (χ0v) is 16.7. The van der Waals surface area contributed by atoms with Gasteiger partial charge in [-0.2, -0.15) is 0 Å². The second-order valence-electron chi connectivity index (χ2n) is 7.21. The number of nitrogens with zero attached hydrogens (tertiary/aromatic N) is 1. The number of ether oxygens (including phenoxy) is 2. The van der Waals surface area contributed by atoms with E-state index >= 15 is 0 Å². The van der Waals surface area contributed by atoms with Gasteiger partial charge in [-0.25, -0.2) is 0 Å². The summed E-state index contributed by atoms with van der Waals surface area (Å²) in [5, 5.41) is 1.17. The summed E-state index contributed by atoms with van der Waals surface area (Å²) in [7, 11) is 1.63. The molecular formula is C22H25NO3S. The van der Waals surface area contributed by atoms with E-state index in [9.17, 15) is 4.79 Å². The average Bonchev–Trinajstić information content (AvgIpc) is 3.24. The molecule has 3 heterocycles. The van der Waals surface area contributed by atoms with Gasteiger partial charge in [-0.3, -0.25) is 4.79 Å². The topological polar surface area (TPSA) is 40.5 Å². The molecule has 0 bridgehead atoms. The highest BCUT2D eigenvalue weighted by Crippen LogP contribution is 2.32. The van der Waals surface area contributed by atoms with Crippen LogP contribution < -0.4 is 4.74 Å². The summed E-state index contributed by atoms with van der Waals surface area (Å²) in [5.41, 5.74) is 1.97. The molecule has 0 radical (unpaired) electrons. The predicted molar refractivity (Wildman–Crippen MR) is 109 cm³/mol. The van der Waals surface area contributed by atoms with Gasteiger partial charge in [0, 0.05) is 36.4 Å². The molecule has 0 saturated carbocycles. The van der Waals surface area contributed by atoms with E-state index in [1.807, 2.05) is 30.3 Å². The Balaban J connectivity index is 1.54. The quantitative estimate of drug-likeness (QED) is 0.558. The number of hydrogen-bond acceptors (Lipinski definition) is 4. The maximum absolute atomic E-state index is 12.9. The van der Waals surface area contributed by atoms with Gasteiger partial charge in [0.15, 0.2) is 0 Å². The fourth-order valence-electron chi connectivity index (χ4n) is 3.79. The molecule has 2 aromatic heterocycles. The predicted octanol–water partition coefficient (Wildman–Crippen LogP) is 5.07. The van der Waals surface area contributed by atoms with Crippen LogP contribution in [-0.4, -0.2) is 30.7 Å². The molecule has 4 nitrogen and oxygen atoms in total. The van der Waals surface area contributed by atoms with Crippen LogP contribution in [0.1, 0.15) is 40.2 Å². The minimum Gasteiger partial charge on any atom is -0.497 e. The highest BCUT2D eigenvalue weighted by molar-refractivity contribution is 7.20. The lowest BCUT2D eigenvalue weighted by Crippen LogP contribution is -2.17. The van der Waals surface area contributed by atoms with E-state index < -0.39 is 0 Å². The van der Waals surface area contributed by atoms with Crippen molar-refractivity contribution in [3.63, 3.8) is 0 Å². The summed E-state index contributed by atoms with van der Waals surface area (Å²) in [6, 6.07) is 11.6. The van der Waals surface area contributed by atoms with Crippen LogP contribution in [0.25, 0.3) is 10.2 Å². The Hall–Kier alpha value is -2.11. The summed E-state index contributed by atoms with van der Waals surface area (Å²) < 4.78 is 13.0. The molecule has 0 amide bonds. The molecule has 0 aliphatic carbocycles. The van der Waals surface area contributed by atoms with Gasteiger partial charge >= 0.3 is 0 Å². The number of fused-ring (bicyclic) bond motifs is 1. The Morgan fingerprint density at radius 1 is 1.22 bits per heavy atom. The molecule has 142 valence electrons. The van der Waals surface area contributed by atoms with Gasteiger partial charge in [-0.1, -0.05) is 0 Å². The number of carbonyl (C=O) groups excluding carboxylic acids is 1. The number of aryl methyl sites for hydroxylation is 2. The van der Waals surface area contributed by atoms with E-state index in [1.165, 1.54) is 22.3 Å². The number of aromatic nitrogens is 1. The van der Waals surface area contributed by atoms with E-state index in [4.69, 9.17) is 9.47 Å². The number of carbonyl (C=O) groups is 1. The Labute approximate surface area is 163 Å². The van der Waals surface area contributed by atoms with Crippen LogP contribution in [0.5, 0.6) is 5.75 Å². The Morgan fingerprint density at radius 3 is 2.67 bits per heavy atom. The van der Waals surface area contributed by atoms with E-state index in [2.05, 4.69) is 17.6 Å². The van der Waals surface area contributed by atoms with Crippen molar-refractivity contribution >= 4 is 27.3 Å². The summed E-state index contributed by atoms with van der Waals surface area (Å²) in [6.45, 7) is 4.95. The lowest BCUT2D eigenvalue weighted by molar-refractivity contribution is 0.0627. The zero-order chi connectivity index (χ0) is 18.8. The molecule has 1 aromatic carbocycles. The van der Waals surface area contributed by atoms with Gasteiger partial charge < -0.3 is 14.0 Å². The van der Waals surface area contributed by atoms with Crippen LogP contribution in [0.4, 0.5) is 0 Å². The fourth-order valence-corrected chi connectivity index (χ4v) is 4.98. The number of thiophene rings is 1. The van der Waals surface area contributed by atoms with Gasteiger partial charge in [0.1, 0.15) is 10.6 Å². The lowest BCUT2D eigenvalue weighted by atomic mass is 9.97. The molecule has 0 N–H and O–H groups in total. The van der Waals surface area contributed by atoms with Crippen molar-refractivity contribution in [1.29, 1.82) is 0 Å². The summed E-state index contributed by atoms with van der Waals surface area (Å²) in [4.78, 5) is 14.9. The van der Waals surface area contributed by atoms with Gasteiger partial charge in [-0.15, -0.1) is 11.3 Å². The summed E-state index contributed by atoms with van der Waals surface area (Å²) >= 11 is 1.60. The van der Waals surface area contributed by atoms with Crippen molar-refractivity contribution in [3.05, 3.63) is 52.5 Å². The van der Waals surface area contributed by atoms with Crippen LogP contribution in [-0.2, 0) is 11.3 Å². The smallest absolute Gasteiger partial charge is 0.203 e. The molecule has 0 atom stereocenters. The highest BCUT2D eigenvalue weighted by atomic mass is 32.1. The highest BCUT2D eigenvalue weighted by Gasteiger charge is 2.18. The van der Waals surface area contributed by atoms with Gasteiger partial charge in [0.05, 0.1) is 12.0 Å². The first-order valence-corrected chi connectivity index (χ1v) is 10.3. The molecular weight excluding hydrogens is 358 g/mol. The van der Waals surface area contributed by atoms with Gasteiger partial charge in [0.25, 0.3) is 0 Å². The maximum atomic E-state index is 12.9. The van der Waals surface area contributed by atoms with E-state index in [-0.39, 0.29) is 5.78 Å². The van der Waals surface area contributed by atoms with Gasteiger partial charge in [-0.05, 0) is 68.5 Å². The third kappa shape index (κ3) is 3.80. The summed E-state index contributed by atoms with van der Waals surface area (Å²) in [6.07, 6.45) is 3.50. The monoisotopic (exact) mass is 383 g/mol. The van der Waals surface area contributed by atoms with E-state index in [0.29, 0.717) is 5.56 Å². The number of benzene rings is 1. The average molecular weight is 384 g/mol. The maximum Gasteiger partial charge on any atom is 0.203 e. The fraction of sp³-hybridized carbons (Fsp3) is 0.409. The van der Waals surface area contributed by atoms with Crippen molar-refractivity contribution in [2.75, 3.05) is 20.3 Å². The van der Waals surface area contributed by atoms with Crippen LogP contribution in [0.15, 0.2) is 36.4 Å². The third-order valence-corrected chi connectivity index (χ3v) is 6.63. The van der Waals surface area contributed by atoms with Gasteiger partial charge in [0.2, 0.25) is 5.78 Å². The zero-order valence-electron chi connectivity index (χ0n) is 15.9. The van der Waals surface area contributed by atoms with Crippen molar-refractivity contribution in [1.82, 2.24) is 4.57 Å². The Morgan fingerprint density at radius 2 is 1.96 bits per heavy atom. The molecule has 5 heteroatoms. The van der Waals surface area contributed by atoms with Crippen molar-refractivity contribution in [3.8, 4) is 5.75 Å². The molecule has 1 aliphatic rings. The van der Waals surface area contributed by atoms with Crippen molar-refractivity contribution < 1.29 is 14.3 Å². The minimum atomic E-state index is 0.0764. The summed E-state index contributed by atoms with van der Waals surface area (Å²) in [5.74, 6) is 1.58. The van der Waals surface area contributed by atoms with Crippen LogP contribution in [0.3, 0.4) is 0 Å². The largest absolute Gasteiger partial charge is 0.497 e. The molecule has 1 aliphatic heterocycles. The van der Waals surface area contributed by atoms with E-state index in [1.54, 1.807) is 18.4 Å². The second-order valence-corrected chi connectivity index (χ2v) is 8.24. The van der Waals surface area contributed by atoms with Crippen LogP contribution in [0, 0.1) is 12.8 Å². The normalized spacial score (nSPS) is 15.3. The molecule has 0 unspecified atom stereocenters. The lowest BCUT2D eigenvalue weighted by Gasteiger charge is -2.22. The number of rotatable bonds is 6. The molecule has 27 heavy (non-hydrogen) atoms. The standard InChI is InChI=1S/C22H25NO3S/c1-15-13-18-14-20(21(24)17-3-5-19(25-2)6-4-17)27-22(18)23(15)10-7-16-8-11-26-12-9-16/h3-6,13-14,16H,7-12H2,1-2H3. The third-order valence-electron chi connectivity index (χ3n) is 5.45.